The molecule has 7 heavy (non-hydrogen) atoms. The van der Waals surface area contributed by atoms with Gasteiger partial charge in [0, 0.05) is 0 Å². The summed E-state index contributed by atoms with van der Waals surface area (Å²) >= 11 is 0. The molecule has 1 N–H and O–H groups in total. The van der Waals surface area contributed by atoms with Crippen molar-refractivity contribution in [2.45, 2.75) is 13.0 Å². The highest BCUT2D eigenvalue weighted by Gasteiger charge is 1.78. The van der Waals surface area contributed by atoms with Crippen LogP contribution in [0.3, 0.4) is 0 Å². The van der Waals surface area contributed by atoms with Crippen LogP contribution in [0.25, 0.3) is 0 Å². The van der Waals surface area contributed by atoms with Crippen LogP contribution in [0.4, 0.5) is 0 Å². The minimum Gasteiger partial charge on any atom is -0.381 e. The third-order valence-electron chi connectivity index (χ3n) is 0.353. The van der Waals surface area contributed by atoms with Gasteiger partial charge in [0.05, 0.1) is 0 Å². The minimum atomic E-state index is -0.601. The van der Waals surface area contributed by atoms with Crippen LogP contribution in [-0.4, -0.2) is 11.2 Å². The van der Waals surface area contributed by atoms with Crippen molar-refractivity contribution >= 4 is 0 Å². The van der Waals surface area contributed by atoms with Crippen LogP contribution < -0.4 is 0 Å². The second kappa shape index (κ2) is 3.28. The van der Waals surface area contributed by atoms with Gasteiger partial charge >= 0.3 is 0 Å². The first-order valence-electron chi connectivity index (χ1n) is 1.91. The SMILES string of the molecule is C#CC#CC(C)O. The van der Waals surface area contributed by atoms with Crippen LogP contribution in [0, 0.1) is 24.2 Å². The van der Waals surface area contributed by atoms with E-state index in [1.54, 1.807) is 6.92 Å². The lowest BCUT2D eigenvalue weighted by atomic mass is 10.4. The summed E-state index contributed by atoms with van der Waals surface area (Å²) in [6.45, 7) is 1.56. The molecular weight excluding hydrogens is 88.1 g/mol. The van der Waals surface area contributed by atoms with Crippen LogP contribution in [0.15, 0.2) is 0 Å². The molecule has 0 aliphatic carbocycles. The Hall–Kier alpha value is -0.920. The summed E-state index contributed by atoms with van der Waals surface area (Å²) in [5.74, 6) is 6.72. The molecule has 0 rings (SSSR count). The Labute approximate surface area is 43.4 Å². The summed E-state index contributed by atoms with van der Waals surface area (Å²) < 4.78 is 0. The van der Waals surface area contributed by atoms with Crippen molar-refractivity contribution < 1.29 is 5.11 Å². The van der Waals surface area contributed by atoms with Gasteiger partial charge in [-0.15, -0.1) is 6.42 Å². The molecule has 0 radical (unpaired) electrons. The summed E-state index contributed by atoms with van der Waals surface area (Å²) in [4.78, 5) is 0. The molecule has 0 aromatic heterocycles. The third kappa shape index (κ3) is 5.08. The second-order valence-corrected chi connectivity index (χ2v) is 1.09. The molecule has 1 heteroatoms. The van der Waals surface area contributed by atoms with E-state index in [2.05, 4.69) is 17.8 Å². The van der Waals surface area contributed by atoms with Gasteiger partial charge < -0.3 is 5.11 Å². The zero-order valence-electron chi connectivity index (χ0n) is 4.10. The average Bonchev–Trinajstić information content (AvgIpc) is 1.61. The van der Waals surface area contributed by atoms with Gasteiger partial charge in [0.15, 0.2) is 0 Å². The van der Waals surface area contributed by atoms with E-state index >= 15 is 0 Å². The molecule has 0 aromatic carbocycles. The molecule has 0 aromatic rings. The van der Waals surface area contributed by atoms with Gasteiger partial charge in [-0.25, -0.2) is 0 Å². The highest BCUT2D eigenvalue weighted by atomic mass is 16.3. The van der Waals surface area contributed by atoms with E-state index in [4.69, 9.17) is 11.5 Å². The van der Waals surface area contributed by atoms with Gasteiger partial charge in [-0.1, -0.05) is 5.92 Å². The maximum absolute atomic E-state index is 8.41. The molecule has 0 spiro atoms. The number of terminal acetylenes is 1. The number of hydrogen-bond acceptors (Lipinski definition) is 1. The van der Waals surface area contributed by atoms with E-state index in [1.807, 2.05) is 0 Å². The Morgan fingerprint density at radius 2 is 2.29 bits per heavy atom. The molecule has 0 bridgehead atoms. The topological polar surface area (TPSA) is 20.2 Å². The van der Waals surface area contributed by atoms with E-state index in [1.165, 1.54) is 0 Å². The van der Waals surface area contributed by atoms with Gasteiger partial charge in [-0.05, 0) is 18.8 Å². The fraction of sp³-hybridized carbons (Fsp3) is 0.333. The maximum atomic E-state index is 8.41. The fourth-order valence-corrected chi connectivity index (χ4v) is 0.146. The number of aliphatic hydroxyl groups is 1. The quantitative estimate of drug-likeness (QED) is 0.419. The van der Waals surface area contributed by atoms with Crippen molar-refractivity contribution in [3.05, 3.63) is 0 Å². The predicted molar refractivity (Wildman–Crippen MR) is 28.3 cm³/mol. The van der Waals surface area contributed by atoms with Crippen molar-refractivity contribution in [2.75, 3.05) is 0 Å². The first kappa shape index (κ1) is 6.08. The minimum absolute atomic E-state index is 0.601. The summed E-state index contributed by atoms with van der Waals surface area (Å²) in [6, 6.07) is 0. The molecule has 36 valence electrons. The zero-order valence-corrected chi connectivity index (χ0v) is 4.10. The Morgan fingerprint density at radius 1 is 1.71 bits per heavy atom. The summed E-state index contributed by atoms with van der Waals surface area (Å²) in [6.07, 6.45) is 4.14. The molecular formula is C6H6O. The standard InChI is InChI=1S/C6H6O/c1-3-4-5-6(2)7/h1,6-7H,2H3. The maximum Gasteiger partial charge on any atom is 0.112 e. The Morgan fingerprint density at radius 3 is 2.43 bits per heavy atom. The highest BCUT2D eigenvalue weighted by molar-refractivity contribution is 5.22. The lowest BCUT2D eigenvalue weighted by molar-refractivity contribution is 0.253. The van der Waals surface area contributed by atoms with E-state index in [0.717, 1.165) is 0 Å². The van der Waals surface area contributed by atoms with E-state index in [9.17, 15) is 0 Å². The van der Waals surface area contributed by atoms with Crippen molar-refractivity contribution in [3.63, 3.8) is 0 Å². The lowest BCUT2D eigenvalue weighted by Gasteiger charge is -1.82. The molecule has 0 saturated heterocycles. The van der Waals surface area contributed by atoms with E-state index < -0.39 is 6.10 Å². The summed E-state index contributed by atoms with van der Waals surface area (Å²) in [5.41, 5.74) is 0. The number of aliphatic hydroxyl groups excluding tert-OH is 1. The van der Waals surface area contributed by atoms with Crippen molar-refractivity contribution in [3.8, 4) is 24.2 Å². The van der Waals surface area contributed by atoms with Crippen molar-refractivity contribution in [1.29, 1.82) is 0 Å². The van der Waals surface area contributed by atoms with Crippen LogP contribution >= 0.6 is 0 Å². The first-order valence-corrected chi connectivity index (χ1v) is 1.91. The van der Waals surface area contributed by atoms with Gasteiger partial charge in [-0.2, -0.15) is 0 Å². The number of hydrogen-bond donors (Lipinski definition) is 1. The van der Waals surface area contributed by atoms with Crippen LogP contribution in [0.5, 0.6) is 0 Å². The van der Waals surface area contributed by atoms with Crippen LogP contribution in [-0.2, 0) is 0 Å². The van der Waals surface area contributed by atoms with Gasteiger partial charge in [0.1, 0.15) is 6.10 Å². The smallest absolute Gasteiger partial charge is 0.112 e. The molecule has 0 amide bonds. The van der Waals surface area contributed by atoms with E-state index in [-0.39, 0.29) is 0 Å². The van der Waals surface area contributed by atoms with Crippen LogP contribution in [0.2, 0.25) is 0 Å². The number of rotatable bonds is 0. The summed E-state index contributed by atoms with van der Waals surface area (Å²) in [5, 5.41) is 8.41. The van der Waals surface area contributed by atoms with Gasteiger partial charge in [-0.3, -0.25) is 0 Å². The molecule has 0 aliphatic heterocycles. The van der Waals surface area contributed by atoms with Gasteiger partial charge in [0.2, 0.25) is 0 Å². The second-order valence-electron chi connectivity index (χ2n) is 1.09. The molecule has 0 aliphatic rings. The fourth-order valence-electron chi connectivity index (χ4n) is 0.146. The molecule has 1 nitrogen and oxygen atoms in total. The van der Waals surface area contributed by atoms with Crippen LogP contribution in [0.1, 0.15) is 6.92 Å². The molecule has 0 saturated carbocycles. The Kier molecular flexibility index (Phi) is 2.85. The largest absolute Gasteiger partial charge is 0.381 e. The molecule has 0 fully saturated rings. The van der Waals surface area contributed by atoms with Gasteiger partial charge in [0.25, 0.3) is 0 Å². The molecule has 1 unspecified atom stereocenters. The molecule has 0 heterocycles. The first-order chi connectivity index (χ1) is 3.27. The third-order valence-corrected chi connectivity index (χ3v) is 0.353. The van der Waals surface area contributed by atoms with Crippen molar-refractivity contribution in [1.82, 2.24) is 0 Å². The van der Waals surface area contributed by atoms with Crippen molar-refractivity contribution in [2.24, 2.45) is 0 Å². The lowest BCUT2D eigenvalue weighted by Crippen LogP contribution is -1.91. The summed E-state index contributed by atoms with van der Waals surface area (Å²) in [7, 11) is 0. The predicted octanol–water partition coefficient (Wildman–Crippen LogP) is 0.00380. The average molecular weight is 94.1 g/mol. The zero-order chi connectivity index (χ0) is 5.70. The highest BCUT2D eigenvalue weighted by Crippen LogP contribution is 1.69. The monoisotopic (exact) mass is 94.0 g/mol. The van der Waals surface area contributed by atoms with E-state index in [0.29, 0.717) is 0 Å². The normalized spacial score (nSPS) is 10.4. The Balaban J connectivity index is 3.50. The molecule has 1 atom stereocenters. The Bertz CT molecular complexity index is 128.